The zero-order chi connectivity index (χ0) is 18.4. The van der Waals surface area contributed by atoms with Gasteiger partial charge in [-0.1, -0.05) is 12.1 Å². The van der Waals surface area contributed by atoms with E-state index in [1.165, 1.54) is 16.4 Å². The van der Waals surface area contributed by atoms with Crippen molar-refractivity contribution in [3.05, 3.63) is 29.8 Å². The zero-order valence-electron chi connectivity index (χ0n) is 14.3. The van der Waals surface area contributed by atoms with Crippen LogP contribution in [0.5, 0.6) is 5.75 Å². The highest BCUT2D eigenvalue weighted by Crippen LogP contribution is 2.16. The minimum atomic E-state index is -3.34. The predicted octanol–water partition coefficient (Wildman–Crippen LogP) is 1.82. The first-order valence-electron chi connectivity index (χ1n) is 8.14. The molecule has 1 heterocycles. The Bertz CT molecular complexity index is 630. The van der Waals surface area contributed by atoms with Crippen molar-refractivity contribution in [1.82, 2.24) is 9.62 Å². The van der Waals surface area contributed by atoms with E-state index >= 15 is 0 Å². The molecule has 0 radical (unpaired) electrons. The second-order valence-electron chi connectivity index (χ2n) is 6.09. The monoisotopic (exact) mass is 378 g/mol. The minimum Gasteiger partial charge on any atom is -0.435 e. The number of morpholine rings is 1. The molecular weight excluding hydrogens is 354 g/mol. The maximum atomic E-state index is 12.4. The van der Waals surface area contributed by atoms with Crippen molar-refractivity contribution >= 4 is 10.0 Å². The van der Waals surface area contributed by atoms with Crippen LogP contribution in [0.4, 0.5) is 8.78 Å². The summed E-state index contributed by atoms with van der Waals surface area (Å²) in [5.74, 6) is 0.0934. The van der Waals surface area contributed by atoms with Gasteiger partial charge in [-0.2, -0.15) is 13.1 Å². The average Bonchev–Trinajstić information content (AvgIpc) is 2.51. The van der Waals surface area contributed by atoms with Gasteiger partial charge in [0.15, 0.2) is 0 Å². The summed E-state index contributed by atoms with van der Waals surface area (Å²) >= 11 is 0. The van der Waals surface area contributed by atoms with Crippen molar-refractivity contribution in [2.45, 2.75) is 39.2 Å². The van der Waals surface area contributed by atoms with Gasteiger partial charge in [0.25, 0.3) is 0 Å². The first-order chi connectivity index (χ1) is 11.8. The lowest BCUT2D eigenvalue weighted by molar-refractivity contribution is -0.0498. The molecule has 0 aromatic heterocycles. The Hall–Kier alpha value is -1.29. The van der Waals surface area contributed by atoms with Crippen molar-refractivity contribution in [2.24, 2.45) is 0 Å². The van der Waals surface area contributed by atoms with E-state index in [1.807, 2.05) is 13.8 Å². The van der Waals surface area contributed by atoms with Crippen LogP contribution in [-0.4, -0.2) is 56.9 Å². The van der Waals surface area contributed by atoms with Gasteiger partial charge in [-0.25, -0.2) is 8.42 Å². The number of hydrogen-bond donors (Lipinski definition) is 1. The van der Waals surface area contributed by atoms with E-state index < -0.39 is 16.6 Å². The van der Waals surface area contributed by atoms with E-state index in [4.69, 9.17) is 4.74 Å². The quantitative estimate of drug-likeness (QED) is 0.699. The summed E-state index contributed by atoms with van der Waals surface area (Å²) in [6.45, 7) is 2.37. The van der Waals surface area contributed by atoms with Gasteiger partial charge >= 0.3 is 6.61 Å². The van der Waals surface area contributed by atoms with Gasteiger partial charge in [0.1, 0.15) is 5.75 Å². The number of ether oxygens (including phenoxy) is 2. The lowest BCUT2D eigenvalue weighted by Crippen LogP contribution is -2.49. The highest BCUT2D eigenvalue weighted by Gasteiger charge is 2.30. The van der Waals surface area contributed by atoms with Crippen LogP contribution in [0.2, 0.25) is 0 Å². The van der Waals surface area contributed by atoms with Crippen molar-refractivity contribution in [2.75, 3.05) is 25.4 Å². The number of nitrogens with one attached hydrogen (secondary N) is 1. The fourth-order valence-electron chi connectivity index (χ4n) is 2.71. The third-order valence-corrected chi connectivity index (χ3v) is 5.60. The van der Waals surface area contributed by atoms with E-state index in [9.17, 15) is 17.2 Å². The molecule has 0 amide bonds. The molecule has 0 aliphatic carbocycles. The summed E-state index contributed by atoms with van der Waals surface area (Å²) in [5.41, 5.74) is 0.854. The average molecular weight is 378 g/mol. The van der Waals surface area contributed by atoms with E-state index in [1.54, 1.807) is 12.1 Å². The van der Waals surface area contributed by atoms with Crippen LogP contribution >= 0.6 is 0 Å². The van der Waals surface area contributed by atoms with Crippen LogP contribution < -0.4 is 10.1 Å². The Morgan fingerprint density at radius 2 is 1.84 bits per heavy atom. The number of halogens is 2. The minimum absolute atomic E-state index is 0.000975. The molecule has 1 N–H and O–H groups in total. The van der Waals surface area contributed by atoms with Crippen molar-refractivity contribution in [3.8, 4) is 5.75 Å². The van der Waals surface area contributed by atoms with E-state index in [0.717, 1.165) is 5.56 Å². The van der Waals surface area contributed by atoms with Crippen LogP contribution in [0.3, 0.4) is 0 Å². The third-order valence-electron chi connectivity index (χ3n) is 3.79. The number of sulfonamides is 1. The maximum Gasteiger partial charge on any atom is 0.387 e. The fourth-order valence-corrected chi connectivity index (χ4v) is 4.24. The second-order valence-corrected chi connectivity index (χ2v) is 8.18. The number of nitrogens with zero attached hydrogens (tertiary/aromatic N) is 1. The second kappa shape index (κ2) is 8.88. The Labute approximate surface area is 147 Å². The smallest absolute Gasteiger partial charge is 0.387 e. The number of alkyl halides is 2. The summed E-state index contributed by atoms with van der Waals surface area (Å²) in [5, 5.41) is 3.05. The third kappa shape index (κ3) is 6.50. The van der Waals surface area contributed by atoms with Gasteiger partial charge in [-0.05, 0) is 31.5 Å². The summed E-state index contributed by atoms with van der Waals surface area (Å²) in [7, 11) is -3.34. The first-order valence-corrected chi connectivity index (χ1v) is 9.75. The molecule has 2 rings (SSSR count). The number of rotatable bonds is 8. The first kappa shape index (κ1) is 20.0. The van der Waals surface area contributed by atoms with Crippen LogP contribution in [0.25, 0.3) is 0 Å². The molecule has 1 aromatic rings. The van der Waals surface area contributed by atoms with Crippen molar-refractivity contribution in [3.63, 3.8) is 0 Å². The summed E-state index contributed by atoms with van der Waals surface area (Å²) in [6.07, 6.45) is -0.221. The Morgan fingerprint density at radius 1 is 1.24 bits per heavy atom. The van der Waals surface area contributed by atoms with Crippen LogP contribution in [-0.2, 0) is 21.3 Å². The van der Waals surface area contributed by atoms with Crippen LogP contribution in [0, 0.1) is 0 Å². The van der Waals surface area contributed by atoms with Gasteiger partial charge in [0.2, 0.25) is 10.0 Å². The lowest BCUT2D eigenvalue weighted by Gasteiger charge is -2.34. The molecule has 0 bridgehead atoms. The van der Waals surface area contributed by atoms with Gasteiger partial charge in [-0.15, -0.1) is 0 Å². The van der Waals surface area contributed by atoms with E-state index in [2.05, 4.69) is 10.1 Å². The molecule has 0 spiro atoms. The van der Waals surface area contributed by atoms with Gasteiger partial charge in [0.05, 0.1) is 18.0 Å². The van der Waals surface area contributed by atoms with Crippen molar-refractivity contribution in [1.29, 1.82) is 0 Å². The Kier molecular flexibility index (Phi) is 7.12. The topological polar surface area (TPSA) is 67.9 Å². The predicted molar refractivity (Wildman–Crippen MR) is 90.1 cm³/mol. The van der Waals surface area contributed by atoms with E-state index in [0.29, 0.717) is 26.2 Å². The Balaban J connectivity index is 1.76. The highest BCUT2D eigenvalue weighted by atomic mass is 32.2. The van der Waals surface area contributed by atoms with E-state index in [-0.39, 0.29) is 23.7 Å². The molecule has 2 atom stereocenters. The highest BCUT2D eigenvalue weighted by molar-refractivity contribution is 7.89. The Morgan fingerprint density at radius 3 is 2.40 bits per heavy atom. The molecule has 1 fully saturated rings. The largest absolute Gasteiger partial charge is 0.435 e. The molecule has 25 heavy (non-hydrogen) atoms. The van der Waals surface area contributed by atoms with Crippen LogP contribution in [0.15, 0.2) is 24.3 Å². The normalized spacial score (nSPS) is 22.3. The van der Waals surface area contributed by atoms with Gasteiger partial charge in [-0.3, -0.25) is 0 Å². The lowest BCUT2D eigenvalue weighted by atomic mass is 10.2. The number of hydrogen-bond acceptors (Lipinski definition) is 5. The molecule has 1 aliphatic rings. The summed E-state index contributed by atoms with van der Waals surface area (Å²) in [6, 6.07) is 6.22. The molecule has 142 valence electrons. The SMILES string of the molecule is CC1CN(S(=O)(=O)CCNCc2ccc(OC(F)F)cc2)CC(C)O1. The number of benzene rings is 1. The van der Waals surface area contributed by atoms with Crippen LogP contribution in [0.1, 0.15) is 19.4 Å². The molecule has 1 saturated heterocycles. The molecule has 0 saturated carbocycles. The van der Waals surface area contributed by atoms with Gasteiger partial charge < -0.3 is 14.8 Å². The molecule has 1 aliphatic heterocycles. The molecule has 6 nitrogen and oxygen atoms in total. The molecule has 1 aromatic carbocycles. The molecule has 9 heteroatoms. The molecular formula is C16H24F2N2O4S. The summed E-state index contributed by atoms with van der Waals surface area (Å²) in [4.78, 5) is 0. The standard InChI is InChI=1S/C16H24F2N2O4S/c1-12-10-20(11-13(2)23-12)25(21,22)8-7-19-9-14-3-5-15(6-4-14)24-16(17)18/h3-6,12-13,16,19H,7-11H2,1-2H3. The summed E-state index contributed by atoms with van der Waals surface area (Å²) < 4.78 is 60.2. The van der Waals surface area contributed by atoms with Crippen molar-refractivity contribution < 1.29 is 26.7 Å². The zero-order valence-corrected chi connectivity index (χ0v) is 15.1. The maximum absolute atomic E-state index is 12.4. The van der Waals surface area contributed by atoms with Gasteiger partial charge in [0, 0.05) is 26.2 Å². The molecule has 2 unspecified atom stereocenters. The fraction of sp³-hybridized carbons (Fsp3) is 0.625.